The fraction of sp³-hybridized carbons (Fsp3) is 0.899. The van der Waals surface area contributed by atoms with Gasteiger partial charge in [0.1, 0.15) is 0 Å². The first-order chi connectivity index (χ1) is 47.1. The van der Waals surface area contributed by atoms with Crippen molar-refractivity contribution in [3.8, 4) is 0 Å². The standard InChI is InChI=1S/C79H150N6O12/c1-5-9-13-17-21-25-29-33-37-41-50-68(64-72(86)87)76(94)80-54-45-58-84(59-46-55-81-77(95)69(65-73(88)89)51-42-38-34-30-26-22-18-14-10-6-2)62-49-63-85(60-47-56-82-78(96)70(66-74(90)91)52-43-39-35-31-27-23-19-15-11-7-3)61-48-57-83-79(97)71(67-75(92)93)53-44-40-36-32-28-24-20-16-12-8-4/h68-71H,5-67H2,1-4H3,(H,80,94)(H,81,95)(H,82,96)(H,83,97)(H,86,87)(H,88,89)(H,90,91)(H,92,93). The third-order valence-corrected chi connectivity index (χ3v) is 19.5. The fourth-order valence-corrected chi connectivity index (χ4v) is 13.5. The third kappa shape index (κ3) is 61.3. The first-order valence-electron chi connectivity index (χ1n) is 40.5. The van der Waals surface area contributed by atoms with E-state index in [9.17, 15) is 58.8 Å². The van der Waals surface area contributed by atoms with Gasteiger partial charge in [-0.2, -0.15) is 0 Å². The maximum atomic E-state index is 13.5. The van der Waals surface area contributed by atoms with Crippen molar-refractivity contribution in [2.75, 3.05) is 65.4 Å². The number of carbonyl (C=O) groups excluding carboxylic acids is 4. The van der Waals surface area contributed by atoms with Crippen molar-refractivity contribution in [3.05, 3.63) is 0 Å². The minimum absolute atomic E-state index is 0.210. The molecule has 0 aromatic carbocycles. The SMILES string of the molecule is CCCCCCCCCCCCC(CC(=O)O)C(=O)NCCCN(CCCNC(=O)C(CCCCCCCCCCCC)CC(=O)O)CCCN(CCCNC(=O)C(CCCCCCCCCCCC)CC(=O)O)CCCNC(=O)C(CCCCCCCCCCCC)CC(=O)O. The lowest BCUT2D eigenvalue weighted by atomic mass is 9.96. The molecule has 0 aromatic rings. The number of nitrogens with one attached hydrogen (secondary N) is 4. The number of aliphatic carboxylic acids is 4. The van der Waals surface area contributed by atoms with Gasteiger partial charge in [-0.05, 0) is 97.1 Å². The molecule has 0 saturated heterocycles. The van der Waals surface area contributed by atoms with Gasteiger partial charge in [0, 0.05) is 49.9 Å². The predicted octanol–water partition coefficient (Wildman–Crippen LogP) is 17.6. The maximum Gasteiger partial charge on any atom is 0.304 e. The van der Waals surface area contributed by atoms with Crippen LogP contribution in [0.15, 0.2) is 0 Å². The normalized spacial score (nSPS) is 12.8. The minimum atomic E-state index is -0.986. The first-order valence-corrected chi connectivity index (χ1v) is 40.5. The van der Waals surface area contributed by atoms with Crippen molar-refractivity contribution < 1.29 is 58.8 Å². The topological polar surface area (TPSA) is 272 Å². The fourth-order valence-electron chi connectivity index (χ4n) is 13.5. The van der Waals surface area contributed by atoms with Crippen molar-refractivity contribution in [2.45, 2.75) is 368 Å². The zero-order valence-electron chi connectivity index (χ0n) is 62.8. The Balaban J connectivity index is 6.18. The molecule has 0 aromatic heterocycles. The predicted molar refractivity (Wildman–Crippen MR) is 397 cm³/mol. The summed E-state index contributed by atoms with van der Waals surface area (Å²) in [5, 5.41) is 51.2. The molecule has 0 radical (unpaired) electrons. The molecular formula is C79H150N6O12. The minimum Gasteiger partial charge on any atom is -0.481 e. The van der Waals surface area contributed by atoms with E-state index >= 15 is 0 Å². The molecule has 0 fully saturated rings. The van der Waals surface area contributed by atoms with Crippen LogP contribution in [0.5, 0.6) is 0 Å². The highest BCUT2D eigenvalue weighted by atomic mass is 16.4. The van der Waals surface area contributed by atoms with Gasteiger partial charge in [-0.15, -0.1) is 0 Å². The van der Waals surface area contributed by atoms with Crippen molar-refractivity contribution in [3.63, 3.8) is 0 Å². The Morgan fingerprint density at radius 3 is 0.546 bits per heavy atom. The van der Waals surface area contributed by atoms with Gasteiger partial charge in [0.25, 0.3) is 0 Å². The van der Waals surface area contributed by atoms with Crippen LogP contribution >= 0.6 is 0 Å². The molecule has 0 saturated carbocycles. The molecule has 0 heterocycles. The van der Waals surface area contributed by atoms with E-state index in [2.05, 4.69) is 58.8 Å². The van der Waals surface area contributed by atoms with E-state index in [4.69, 9.17) is 0 Å². The molecule has 18 nitrogen and oxygen atoms in total. The van der Waals surface area contributed by atoms with E-state index < -0.39 is 47.5 Å². The van der Waals surface area contributed by atoms with Crippen LogP contribution in [-0.4, -0.2) is 143 Å². The van der Waals surface area contributed by atoms with Crippen LogP contribution in [0.4, 0.5) is 0 Å². The third-order valence-electron chi connectivity index (χ3n) is 19.5. The number of hydrogen-bond acceptors (Lipinski definition) is 10. The summed E-state index contributed by atoms with van der Waals surface area (Å²) >= 11 is 0. The van der Waals surface area contributed by atoms with Gasteiger partial charge >= 0.3 is 23.9 Å². The Morgan fingerprint density at radius 1 is 0.227 bits per heavy atom. The molecule has 0 aliphatic rings. The largest absolute Gasteiger partial charge is 0.481 e. The number of amides is 4. The van der Waals surface area contributed by atoms with Crippen LogP contribution in [0.2, 0.25) is 0 Å². The zero-order valence-corrected chi connectivity index (χ0v) is 62.8. The van der Waals surface area contributed by atoms with E-state index in [0.29, 0.717) is 117 Å². The average Bonchev–Trinajstić information content (AvgIpc) is 2.14. The van der Waals surface area contributed by atoms with Gasteiger partial charge in [-0.3, -0.25) is 38.4 Å². The summed E-state index contributed by atoms with van der Waals surface area (Å²) in [4.78, 5) is 106. The highest BCUT2D eigenvalue weighted by molar-refractivity contribution is 5.85. The second-order valence-corrected chi connectivity index (χ2v) is 28.7. The van der Waals surface area contributed by atoms with Crippen LogP contribution in [-0.2, 0) is 38.4 Å². The molecule has 0 aliphatic carbocycles. The first kappa shape index (κ1) is 92.7. The lowest BCUT2D eigenvalue weighted by Crippen LogP contribution is -2.38. The number of nitrogens with zero attached hydrogens (tertiary/aromatic N) is 2. The molecule has 568 valence electrons. The summed E-state index contributed by atoms with van der Waals surface area (Å²) in [6.45, 7) is 14.2. The number of carboxylic acids is 4. The lowest BCUT2D eigenvalue weighted by Gasteiger charge is -2.27. The van der Waals surface area contributed by atoms with Crippen molar-refractivity contribution in [1.82, 2.24) is 31.1 Å². The lowest BCUT2D eigenvalue weighted by molar-refractivity contribution is -0.141. The molecule has 0 aliphatic heterocycles. The molecule has 4 unspecified atom stereocenters. The van der Waals surface area contributed by atoms with Crippen LogP contribution in [0, 0.1) is 23.7 Å². The molecule has 4 amide bonds. The average molecular weight is 1380 g/mol. The van der Waals surface area contributed by atoms with Crippen molar-refractivity contribution >= 4 is 47.5 Å². The van der Waals surface area contributed by atoms with E-state index in [1.165, 1.54) is 154 Å². The van der Waals surface area contributed by atoms with Gasteiger partial charge in [0.05, 0.1) is 25.7 Å². The monoisotopic (exact) mass is 1380 g/mol. The Labute approximate surface area is 591 Å². The number of carboxylic acid groups (broad SMARTS) is 4. The van der Waals surface area contributed by atoms with Crippen LogP contribution in [0.3, 0.4) is 0 Å². The molecule has 18 heteroatoms. The number of rotatable bonds is 76. The molecule has 8 N–H and O–H groups in total. The maximum absolute atomic E-state index is 13.5. The molecule has 0 rings (SSSR count). The second-order valence-electron chi connectivity index (χ2n) is 28.7. The summed E-state index contributed by atoms with van der Waals surface area (Å²) in [5.74, 6) is -7.29. The highest BCUT2D eigenvalue weighted by Crippen LogP contribution is 2.22. The Morgan fingerprint density at radius 2 is 0.381 bits per heavy atom. The van der Waals surface area contributed by atoms with Crippen LogP contribution in [0.25, 0.3) is 0 Å². The molecular weight excluding hydrogens is 1220 g/mol. The number of carbonyl (C=O) groups is 8. The molecule has 97 heavy (non-hydrogen) atoms. The second kappa shape index (κ2) is 68.8. The molecule has 0 spiro atoms. The van der Waals surface area contributed by atoms with Crippen molar-refractivity contribution in [1.29, 1.82) is 0 Å². The van der Waals surface area contributed by atoms with E-state index in [-0.39, 0.29) is 49.3 Å². The van der Waals surface area contributed by atoms with Gasteiger partial charge in [0.2, 0.25) is 23.6 Å². The van der Waals surface area contributed by atoms with Crippen molar-refractivity contribution in [2.24, 2.45) is 23.7 Å². The zero-order chi connectivity index (χ0) is 71.5. The smallest absolute Gasteiger partial charge is 0.304 e. The summed E-state index contributed by atoms with van der Waals surface area (Å²) in [6.07, 6.45) is 50.6. The summed E-state index contributed by atoms with van der Waals surface area (Å²) < 4.78 is 0. The van der Waals surface area contributed by atoms with Crippen LogP contribution in [0.1, 0.15) is 368 Å². The van der Waals surface area contributed by atoms with E-state index in [0.717, 1.165) is 109 Å². The Hall–Kier alpha value is -4.32. The van der Waals surface area contributed by atoms with E-state index in [1.54, 1.807) is 0 Å². The Kier molecular flexibility index (Phi) is 65.7. The summed E-state index contributed by atoms with van der Waals surface area (Å²) in [5.41, 5.74) is 0. The summed E-state index contributed by atoms with van der Waals surface area (Å²) in [6, 6.07) is 0. The molecule has 0 bridgehead atoms. The number of hydrogen-bond donors (Lipinski definition) is 8. The van der Waals surface area contributed by atoms with Crippen LogP contribution < -0.4 is 21.3 Å². The highest BCUT2D eigenvalue weighted by Gasteiger charge is 2.25. The van der Waals surface area contributed by atoms with Gasteiger partial charge in [-0.25, -0.2) is 0 Å². The molecule has 4 atom stereocenters. The van der Waals surface area contributed by atoms with Gasteiger partial charge in [-0.1, -0.05) is 285 Å². The number of unbranched alkanes of at least 4 members (excludes halogenated alkanes) is 36. The van der Waals surface area contributed by atoms with Gasteiger partial charge in [0.15, 0.2) is 0 Å². The van der Waals surface area contributed by atoms with Gasteiger partial charge < -0.3 is 51.5 Å². The Bertz CT molecular complexity index is 1670. The quantitative estimate of drug-likeness (QED) is 0.0263. The summed E-state index contributed by atoms with van der Waals surface area (Å²) in [7, 11) is 0. The van der Waals surface area contributed by atoms with E-state index in [1.807, 2.05) is 0 Å².